The van der Waals surface area contributed by atoms with E-state index in [1.165, 1.54) is 12.1 Å². The van der Waals surface area contributed by atoms with E-state index in [4.69, 9.17) is 10.5 Å². The fourth-order valence-electron chi connectivity index (χ4n) is 1.06. The quantitative estimate of drug-likeness (QED) is 0.451. The van der Waals surface area contributed by atoms with Crippen LogP contribution in [-0.2, 0) is 11.3 Å². The Morgan fingerprint density at radius 1 is 1.57 bits per heavy atom. The minimum atomic E-state index is -0.495. The lowest BCUT2D eigenvalue weighted by Crippen LogP contribution is -1.98. The minimum Gasteiger partial charge on any atom is -0.393 e. The van der Waals surface area contributed by atoms with E-state index in [1.54, 1.807) is 6.07 Å². The van der Waals surface area contributed by atoms with Crippen molar-refractivity contribution in [1.82, 2.24) is 0 Å². The molecular formula is C9H12N2O3. The molecule has 0 heterocycles. The normalized spacial score (nSPS) is 10.1. The molecule has 2 N–H and O–H groups in total. The number of nitro benzene ring substituents is 1. The first kappa shape index (κ1) is 10.5. The molecule has 5 nitrogen and oxygen atoms in total. The average Bonchev–Trinajstić information content (AvgIpc) is 2.16. The molecule has 0 amide bonds. The van der Waals surface area contributed by atoms with Crippen molar-refractivity contribution in [2.75, 3.05) is 12.3 Å². The first-order chi connectivity index (χ1) is 6.65. The van der Waals surface area contributed by atoms with Gasteiger partial charge in [0.2, 0.25) is 0 Å². The molecule has 0 unspecified atom stereocenters. The molecule has 0 radical (unpaired) electrons. The number of rotatable bonds is 4. The molecule has 5 heteroatoms. The highest BCUT2D eigenvalue weighted by Crippen LogP contribution is 2.22. The average molecular weight is 196 g/mol. The fourth-order valence-corrected chi connectivity index (χ4v) is 1.06. The zero-order valence-electron chi connectivity index (χ0n) is 7.90. The highest BCUT2D eigenvalue weighted by molar-refractivity contribution is 5.59. The number of nitrogens with zero attached hydrogens (tertiary/aromatic N) is 1. The zero-order chi connectivity index (χ0) is 10.6. The van der Waals surface area contributed by atoms with Crippen molar-refractivity contribution in [3.8, 4) is 0 Å². The van der Waals surface area contributed by atoms with Crippen LogP contribution in [0, 0.1) is 10.1 Å². The third-order valence-electron chi connectivity index (χ3n) is 1.76. The molecule has 0 atom stereocenters. The number of anilines is 1. The van der Waals surface area contributed by atoms with E-state index in [1.807, 2.05) is 6.92 Å². The maximum Gasteiger partial charge on any atom is 0.292 e. The number of hydrogen-bond donors (Lipinski definition) is 1. The van der Waals surface area contributed by atoms with E-state index in [0.29, 0.717) is 13.2 Å². The fraction of sp³-hybridized carbons (Fsp3) is 0.333. The molecule has 14 heavy (non-hydrogen) atoms. The van der Waals surface area contributed by atoms with E-state index >= 15 is 0 Å². The Bertz CT molecular complexity index is 339. The Kier molecular flexibility index (Phi) is 3.41. The van der Waals surface area contributed by atoms with E-state index in [2.05, 4.69) is 0 Å². The van der Waals surface area contributed by atoms with E-state index < -0.39 is 4.92 Å². The molecule has 1 aromatic rings. The topological polar surface area (TPSA) is 78.4 Å². The van der Waals surface area contributed by atoms with Gasteiger partial charge in [-0.2, -0.15) is 0 Å². The first-order valence-corrected chi connectivity index (χ1v) is 4.25. The van der Waals surface area contributed by atoms with Crippen LogP contribution in [0.2, 0.25) is 0 Å². The molecule has 0 aliphatic rings. The number of benzene rings is 1. The Hall–Kier alpha value is -1.62. The van der Waals surface area contributed by atoms with Crippen LogP contribution < -0.4 is 5.73 Å². The van der Waals surface area contributed by atoms with Crippen molar-refractivity contribution in [2.24, 2.45) is 0 Å². The Labute approximate surface area is 81.6 Å². The molecule has 1 rings (SSSR count). The number of ether oxygens (including phenoxy) is 1. The predicted molar refractivity (Wildman–Crippen MR) is 52.8 cm³/mol. The Morgan fingerprint density at radius 2 is 2.29 bits per heavy atom. The first-order valence-electron chi connectivity index (χ1n) is 4.25. The van der Waals surface area contributed by atoms with Crippen molar-refractivity contribution in [1.29, 1.82) is 0 Å². The van der Waals surface area contributed by atoms with Crippen LogP contribution in [0.4, 0.5) is 11.4 Å². The summed E-state index contributed by atoms with van der Waals surface area (Å²) in [4.78, 5) is 10.0. The van der Waals surface area contributed by atoms with Crippen LogP contribution in [0.25, 0.3) is 0 Å². The lowest BCUT2D eigenvalue weighted by atomic mass is 10.2. The predicted octanol–water partition coefficient (Wildman–Crippen LogP) is 1.71. The van der Waals surface area contributed by atoms with Crippen LogP contribution in [0.3, 0.4) is 0 Å². The molecular weight excluding hydrogens is 184 g/mol. The minimum absolute atomic E-state index is 0.0674. The van der Waals surface area contributed by atoms with Crippen LogP contribution in [0.5, 0.6) is 0 Å². The van der Waals surface area contributed by atoms with Crippen molar-refractivity contribution in [3.63, 3.8) is 0 Å². The summed E-state index contributed by atoms with van der Waals surface area (Å²) in [7, 11) is 0. The van der Waals surface area contributed by atoms with Crippen LogP contribution in [-0.4, -0.2) is 11.5 Å². The van der Waals surface area contributed by atoms with Gasteiger partial charge in [0.1, 0.15) is 5.69 Å². The molecule has 1 aromatic carbocycles. The van der Waals surface area contributed by atoms with Gasteiger partial charge in [0.25, 0.3) is 5.69 Å². The lowest BCUT2D eigenvalue weighted by Gasteiger charge is -2.02. The summed E-state index contributed by atoms with van der Waals surface area (Å²) in [6, 6.07) is 4.68. The van der Waals surface area contributed by atoms with Gasteiger partial charge in [-0.25, -0.2) is 0 Å². The van der Waals surface area contributed by atoms with Crippen LogP contribution in [0.1, 0.15) is 12.5 Å². The summed E-state index contributed by atoms with van der Waals surface area (Å²) in [5, 5.41) is 10.5. The second-order valence-corrected chi connectivity index (χ2v) is 2.79. The number of hydrogen-bond acceptors (Lipinski definition) is 4. The lowest BCUT2D eigenvalue weighted by molar-refractivity contribution is -0.384. The largest absolute Gasteiger partial charge is 0.393 e. The van der Waals surface area contributed by atoms with Crippen molar-refractivity contribution in [3.05, 3.63) is 33.9 Å². The summed E-state index contributed by atoms with van der Waals surface area (Å²) in [6.07, 6.45) is 0. The maximum absolute atomic E-state index is 10.5. The molecule has 0 aliphatic carbocycles. The molecule has 0 bridgehead atoms. The number of nitro groups is 1. The number of nitrogens with two attached hydrogens (primary N) is 1. The van der Waals surface area contributed by atoms with Gasteiger partial charge in [0.15, 0.2) is 0 Å². The highest BCUT2D eigenvalue weighted by atomic mass is 16.6. The van der Waals surface area contributed by atoms with Gasteiger partial charge in [-0.05, 0) is 18.6 Å². The molecule has 0 aromatic heterocycles. The summed E-state index contributed by atoms with van der Waals surface area (Å²) < 4.78 is 5.13. The van der Waals surface area contributed by atoms with E-state index in [9.17, 15) is 10.1 Å². The summed E-state index contributed by atoms with van der Waals surface area (Å²) in [5.74, 6) is 0. The van der Waals surface area contributed by atoms with Crippen molar-refractivity contribution >= 4 is 11.4 Å². The molecule has 0 saturated carbocycles. The van der Waals surface area contributed by atoms with Crippen molar-refractivity contribution < 1.29 is 9.66 Å². The van der Waals surface area contributed by atoms with Gasteiger partial charge >= 0.3 is 0 Å². The molecule has 0 saturated heterocycles. The Balaban J connectivity index is 2.89. The monoisotopic (exact) mass is 196 g/mol. The standard InChI is InChI=1S/C9H12N2O3/c1-2-14-6-7-3-4-8(10)9(5-7)11(12)13/h3-5H,2,6,10H2,1H3. The van der Waals surface area contributed by atoms with Crippen LogP contribution >= 0.6 is 0 Å². The highest BCUT2D eigenvalue weighted by Gasteiger charge is 2.11. The summed E-state index contributed by atoms with van der Waals surface area (Å²) >= 11 is 0. The van der Waals surface area contributed by atoms with Gasteiger partial charge in [0.05, 0.1) is 11.5 Å². The van der Waals surface area contributed by atoms with Gasteiger partial charge in [0, 0.05) is 12.7 Å². The van der Waals surface area contributed by atoms with Gasteiger partial charge in [-0.15, -0.1) is 0 Å². The second-order valence-electron chi connectivity index (χ2n) is 2.79. The van der Waals surface area contributed by atoms with E-state index in [-0.39, 0.29) is 11.4 Å². The van der Waals surface area contributed by atoms with Crippen LogP contribution in [0.15, 0.2) is 18.2 Å². The Morgan fingerprint density at radius 3 is 2.86 bits per heavy atom. The second kappa shape index (κ2) is 4.57. The third kappa shape index (κ3) is 2.43. The SMILES string of the molecule is CCOCc1ccc(N)c([N+](=O)[O-])c1. The zero-order valence-corrected chi connectivity index (χ0v) is 7.90. The van der Waals surface area contributed by atoms with Gasteiger partial charge in [-0.3, -0.25) is 10.1 Å². The summed E-state index contributed by atoms with van der Waals surface area (Å²) in [6.45, 7) is 2.82. The molecule has 0 fully saturated rings. The third-order valence-corrected chi connectivity index (χ3v) is 1.76. The number of nitrogen functional groups attached to an aromatic ring is 1. The van der Waals surface area contributed by atoms with Gasteiger partial charge in [-0.1, -0.05) is 6.07 Å². The van der Waals surface area contributed by atoms with Gasteiger partial charge < -0.3 is 10.5 Å². The molecule has 76 valence electrons. The molecule has 0 aliphatic heterocycles. The van der Waals surface area contributed by atoms with Crippen molar-refractivity contribution in [2.45, 2.75) is 13.5 Å². The van der Waals surface area contributed by atoms with E-state index in [0.717, 1.165) is 5.56 Å². The molecule has 0 spiro atoms. The maximum atomic E-state index is 10.5. The summed E-state index contributed by atoms with van der Waals surface area (Å²) in [5.41, 5.74) is 6.30. The smallest absolute Gasteiger partial charge is 0.292 e.